The third-order valence-electron chi connectivity index (χ3n) is 6.12. The number of hydrogen-bond acceptors (Lipinski definition) is 8. The summed E-state index contributed by atoms with van der Waals surface area (Å²) in [5.41, 5.74) is 0.930. The zero-order valence-electron chi connectivity index (χ0n) is 23.3. The minimum absolute atomic E-state index is 0.0549. The van der Waals surface area contributed by atoms with Crippen LogP contribution in [0.1, 0.15) is 84.9 Å². The highest BCUT2D eigenvalue weighted by atomic mass is 32.2. The summed E-state index contributed by atoms with van der Waals surface area (Å²) in [4.78, 5) is 55.6. The number of aromatic nitrogens is 2. The predicted octanol–water partition coefficient (Wildman–Crippen LogP) is 5.14. The van der Waals surface area contributed by atoms with Crippen LogP contribution < -0.4 is 10.6 Å². The largest absolute Gasteiger partial charge is 0.345 e. The monoisotopic (exact) mass is 586 g/mol. The molecule has 2 aromatic rings. The van der Waals surface area contributed by atoms with E-state index in [9.17, 15) is 19.2 Å². The average Bonchev–Trinajstić information content (AvgIpc) is 2.99. The summed E-state index contributed by atoms with van der Waals surface area (Å²) in [6.07, 6.45) is 17.0. The Kier molecular flexibility index (Phi) is 18.4. The van der Waals surface area contributed by atoms with Crippen LogP contribution in [-0.4, -0.2) is 69.4 Å². The van der Waals surface area contributed by atoms with Gasteiger partial charge in [-0.05, 0) is 48.6 Å². The van der Waals surface area contributed by atoms with E-state index in [0.717, 1.165) is 23.0 Å². The molecule has 40 heavy (non-hydrogen) atoms. The SMILES string of the molecule is O=C(CCSCCCCCCCCCCSCCC(=O)CNC(=O)c1cccnc1)CNC(=O)c1cccnc1. The van der Waals surface area contributed by atoms with E-state index >= 15 is 0 Å². The van der Waals surface area contributed by atoms with E-state index in [1.165, 1.54) is 63.8 Å². The first-order chi connectivity index (χ1) is 19.6. The highest BCUT2D eigenvalue weighted by Gasteiger charge is 2.09. The number of pyridine rings is 2. The van der Waals surface area contributed by atoms with Crippen molar-refractivity contribution in [1.82, 2.24) is 20.6 Å². The average molecular weight is 587 g/mol. The van der Waals surface area contributed by atoms with Gasteiger partial charge in [0.15, 0.2) is 11.6 Å². The molecule has 2 aromatic heterocycles. The summed E-state index contributed by atoms with van der Waals surface area (Å²) in [5, 5.41) is 5.30. The Morgan fingerprint density at radius 2 is 0.975 bits per heavy atom. The van der Waals surface area contributed by atoms with Crippen LogP contribution in [-0.2, 0) is 9.59 Å². The second-order valence-corrected chi connectivity index (χ2v) is 11.9. The Labute approximate surface area is 246 Å². The molecule has 0 radical (unpaired) electrons. The molecule has 2 heterocycles. The zero-order valence-corrected chi connectivity index (χ0v) is 24.9. The summed E-state index contributed by atoms with van der Waals surface area (Å²) in [5.74, 6) is 3.33. The molecule has 0 aromatic carbocycles. The van der Waals surface area contributed by atoms with Gasteiger partial charge in [-0.1, -0.05) is 38.5 Å². The van der Waals surface area contributed by atoms with Gasteiger partial charge in [0, 0.05) is 49.1 Å². The predicted molar refractivity (Wildman–Crippen MR) is 164 cm³/mol. The Hall–Kier alpha value is -2.72. The molecular formula is C30H42N4O4S2. The van der Waals surface area contributed by atoms with Crippen molar-refractivity contribution in [2.45, 2.75) is 64.2 Å². The van der Waals surface area contributed by atoms with Crippen molar-refractivity contribution >= 4 is 46.9 Å². The molecule has 0 spiro atoms. The lowest BCUT2D eigenvalue weighted by molar-refractivity contribution is -0.118. The standard InChI is InChI=1S/C30H42N4O4S2/c35-27(23-33-29(37)25-11-9-15-31-21-25)13-19-39-17-7-5-3-1-2-4-6-8-18-40-20-14-28(36)24-34-30(38)26-12-10-16-32-22-26/h9-12,15-16,21-22H,1-8,13-14,17-20,23-24H2,(H,33,37)(H,34,38). The Morgan fingerprint density at radius 1 is 0.575 bits per heavy atom. The molecule has 0 aliphatic heterocycles. The smallest absolute Gasteiger partial charge is 0.253 e. The van der Waals surface area contributed by atoms with Gasteiger partial charge in [-0.2, -0.15) is 23.5 Å². The lowest BCUT2D eigenvalue weighted by Gasteiger charge is -2.05. The molecule has 2 N–H and O–H groups in total. The molecule has 8 nitrogen and oxygen atoms in total. The minimum atomic E-state index is -0.265. The third kappa shape index (κ3) is 16.4. The quantitative estimate of drug-likeness (QED) is 0.172. The van der Waals surface area contributed by atoms with Crippen molar-refractivity contribution in [1.29, 1.82) is 0 Å². The van der Waals surface area contributed by atoms with Gasteiger partial charge in [0.2, 0.25) is 0 Å². The number of ketones is 2. The lowest BCUT2D eigenvalue weighted by Crippen LogP contribution is -2.29. The first kappa shape index (κ1) is 33.5. The topological polar surface area (TPSA) is 118 Å². The molecule has 0 bridgehead atoms. The Bertz CT molecular complexity index is 928. The molecule has 0 fully saturated rings. The molecule has 2 amide bonds. The second kappa shape index (κ2) is 22.0. The van der Waals surface area contributed by atoms with E-state index in [1.807, 2.05) is 23.5 Å². The van der Waals surface area contributed by atoms with Crippen LogP contribution in [0.4, 0.5) is 0 Å². The number of carbonyl (C=O) groups is 4. The van der Waals surface area contributed by atoms with Gasteiger partial charge in [0.25, 0.3) is 11.8 Å². The summed E-state index contributed by atoms with van der Waals surface area (Å²) in [6.45, 7) is 0.142. The molecule has 0 aliphatic rings. The summed E-state index contributed by atoms with van der Waals surface area (Å²) < 4.78 is 0. The molecule has 0 saturated heterocycles. The number of nitrogens with zero attached hydrogens (tertiary/aromatic N) is 2. The number of amides is 2. The van der Waals surface area contributed by atoms with E-state index in [4.69, 9.17) is 0 Å². The van der Waals surface area contributed by atoms with Crippen molar-refractivity contribution in [3.05, 3.63) is 60.2 Å². The summed E-state index contributed by atoms with van der Waals surface area (Å²) in [6, 6.07) is 6.74. The molecule has 218 valence electrons. The van der Waals surface area contributed by atoms with Crippen molar-refractivity contribution in [2.24, 2.45) is 0 Å². The number of carbonyl (C=O) groups excluding carboxylic acids is 4. The first-order valence-electron chi connectivity index (χ1n) is 14.1. The molecule has 0 aliphatic carbocycles. The van der Waals surface area contributed by atoms with Crippen molar-refractivity contribution < 1.29 is 19.2 Å². The van der Waals surface area contributed by atoms with Crippen LogP contribution in [0.15, 0.2) is 49.1 Å². The molecule has 0 saturated carbocycles. The van der Waals surface area contributed by atoms with Crippen LogP contribution in [0.5, 0.6) is 0 Å². The molecule has 0 unspecified atom stereocenters. The van der Waals surface area contributed by atoms with Gasteiger partial charge in [0.1, 0.15) is 0 Å². The fourth-order valence-corrected chi connectivity index (χ4v) is 5.75. The highest BCUT2D eigenvalue weighted by Crippen LogP contribution is 2.14. The van der Waals surface area contributed by atoms with E-state index in [2.05, 4.69) is 20.6 Å². The molecule has 0 atom stereocenters. The van der Waals surface area contributed by atoms with Crippen molar-refractivity contribution in [3.8, 4) is 0 Å². The molecule has 10 heteroatoms. The minimum Gasteiger partial charge on any atom is -0.345 e. The maximum Gasteiger partial charge on any atom is 0.253 e. The van der Waals surface area contributed by atoms with Crippen LogP contribution in [0.2, 0.25) is 0 Å². The number of hydrogen-bond donors (Lipinski definition) is 2. The van der Waals surface area contributed by atoms with Gasteiger partial charge in [-0.15, -0.1) is 0 Å². The van der Waals surface area contributed by atoms with E-state index < -0.39 is 0 Å². The Balaban J connectivity index is 1.28. The fraction of sp³-hybridized carbons (Fsp3) is 0.533. The van der Waals surface area contributed by atoms with Gasteiger partial charge < -0.3 is 10.6 Å². The lowest BCUT2D eigenvalue weighted by atomic mass is 10.1. The van der Waals surface area contributed by atoms with Crippen LogP contribution in [0.25, 0.3) is 0 Å². The molecular weight excluding hydrogens is 544 g/mol. The van der Waals surface area contributed by atoms with Gasteiger partial charge in [0.05, 0.1) is 24.2 Å². The number of thioether (sulfide) groups is 2. The number of unbranched alkanes of at least 4 members (excludes halogenated alkanes) is 7. The van der Waals surface area contributed by atoms with E-state index in [1.54, 1.807) is 36.7 Å². The molecule has 2 rings (SSSR count). The normalized spacial score (nSPS) is 10.7. The number of Topliss-reactive ketones (excluding diaryl/α,β-unsaturated/α-hetero) is 2. The van der Waals surface area contributed by atoms with Crippen LogP contribution in [0, 0.1) is 0 Å². The third-order valence-corrected chi connectivity index (χ3v) is 8.26. The van der Waals surface area contributed by atoms with Gasteiger partial charge >= 0.3 is 0 Å². The van der Waals surface area contributed by atoms with E-state index in [0.29, 0.717) is 24.0 Å². The first-order valence-corrected chi connectivity index (χ1v) is 16.4. The van der Waals surface area contributed by atoms with E-state index in [-0.39, 0.29) is 36.5 Å². The second-order valence-electron chi connectivity index (χ2n) is 9.48. The number of nitrogens with one attached hydrogen (secondary N) is 2. The summed E-state index contributed by atoms with van der Waals surface area (Å²) in [7, 11) is 0. The maximum atomic E-state index is 12.0. The van der Waals surface area contributed by atoms with Crippen LogP contribution in [0.3, 0.4) is 0 Å². The number of rotatable bonds is 23. The van der Waals surface area contributed by atoms with Crippen molar-refractivity contribution in [2.75, 3.05) is 36.1 Å². The van der Waals surface area contributed by atoms with Gasteiger partial charge in [-0.25, -0.2) is 0 Å². The highest BCUT2D eigenvalue weighted by molar-refractivity contribution is 7.99. The van der Waals surface area contributed by atoms with Crippen molar-refractivity contribution in [3.63, 3.8) is 0 Å². The zero-order chi connectivity index (χ0) is 28.7. The maximum absolute atomic E-state index is 12.0. The fourth-order valence-electron chi connectivity index (χ4n) is 3.78. The summed E-state index contributed by atoms with van der Waals surface area (Å²) >= 11 is 3.62. The van der Waals surface area contributed by atoms with Crippen LogP contribution >= 0.6 is 23.5 Å². The van der Waals surface area contributed by atoms with Gasteiger partial charge in [-0.3, -0.25) is 29.1 Å². The Morgan fingerprint density at radius 3 is 1.35 bits per heavy atom.